The van der Waals surface area contributed by atoms with Crippen LogP contribution in [0.3, 0.4) is 0 Å². The molecule has 9 atom stereocenters. The van der Waals surface area contributed by atoms with Gasteiger partial charge < -0.3 is 55.9 Å². The van der Waals surface area contributed by atoms with Crippen molar-refractivity contribution in [3.05, 3.63) is 35.9 Å². The van der Waals surface area contributed by atoms with Gasteiger partial charge in [0.05, 0.1) is 37.4 Å². The lowest BCUT2D eigenvalue weighted by molar-refractivity contribution is -0.164. The summed E-state index contributed by atoms with van der Waals surface area (Å²) in [5.41, 5.74) is 1.16. The third kappa shape index (κ3) is 39.2. The largest absolute Gasteiger partial charge is 0.531 e. The summed E-state index contributed by atoms with van der Waals surface area (Å²) in [4.78, 5) is 72.4. The van der Waals surface area contributed by atoms with Crippen molar-refractivity contribution in [1.82, 2.24) is 21.3 Å². The zero-order valence-electron chi connectivity index (χ0n) is 55.5. The van der Waals surface area contributed by atoms with E-state index in [0.29, 0.717) is 68.9 Å². The number of hydrogen-bond acceptors (Lipinski definition) is 16. The van der Waals surface area contributed by atoms with Gasteiger partial charge in [0.15, 0.2) is 11.7 Å². The van der Waals surface area contributed by atoms with E-state index in [1.54, 1.807) is 34.3 Å². The molecule has 2 rings (SSSR count). The van der Waals surface area contributed by atoms with Gasteiger partial charge in [-0.2, -0.15) is 0 Å². The van der Waals surface area contributed by atoms with E-state index in [2.05, 4.69) is 88.8 Å². The molecular formula is C62H118B4N4O13. The van der Waals surface area contributed by atoms with Gasteiger partial charge in [-0.05, 0) is 72.9 Å². The molecule has 0 radical (unpaired) electrons. The minimum absolute atomic E-state index is 0.0183. The van der Waals surface area contributed by atoms with Crippen molar-refractivity contribution in [2.75, 3.05) is 13.1 Å². The molecule has 0 spiro atoms. The van der Waals surface area contributed by atoms with Crippen LogP contribution in [0.25, 0.3) is 0 Å². The number of carboxylic acids is 1. The second kappa shape index (κ2) is 44.2. The standard InChI is InChI=1S/C19H32BNO2.C17H30BNO6.C14H30BNO3.C12H26BNO2/c1-14(2)11-17(20(5)23)13-19(22)18(21-15(3)4)12-16-9-7-6-8-10-16;1-6-14-15(16(21)22)17(23)25-18(24-14)12(7-10(2)3)8-13(20)9-19-11(4)5;1-9(2)7-12(15(6)19)8-13(18)14(11(5)17)16-10(3)4;1-9(2)6-11(13(5)16)7-12(15)8-14-10(3)4/h6-10,14-15,17-18,21,23H,11-13H2,1-5H3;10-12,14-15,19H,6-9H2,1-5H3,(H,21,22);9-12,14,16-17,19H,7-8H2,1-6H3;9-11,14,16H,6-8H2,1-5H3/t17-,18+;12-,14?,15?;11-,12-,14+;11-/m1111/s1. The summed E-state index contributed by atoms with van der Waals surface area (Å²) in [7, 11) is -0.876. The first-order valence-electron chi connectivity index (χ1n) is 31.3. The SMILES string of the molecule is CB(O)[C@@H](CC(=O)CNC(C)C)CC(C)C.CB(O)[C@@H](CC(=O)[C@@H](NC(C)C)[C@@H](C)O)CC(C)C.CB(O)[C@@H](CC(=O)[C@H](Cc1ccccc1)NC(C)C)CC(C)C.CCC1OB([C@@H](CC(=O)CNC(C)C)CC(C)C)OC(=O)C1C(=O)O. The van der Waals surface area contributed by atoms with Gasteiger partial charge in [-0.3, -0.25) is 28.8 Å². The zero-order chi connectivity index (χ0) is 64.4. The molecule has 21 heteroatoms. The van der Waals surface area contributed by atoms with Crippen molar-refractivity contribution in [3.8, 4) is 0 Å². The second-order valence-electron chi connectivity index (χ2n) is 26.5. The van der Waals surface area contributed by atoms with Gasteiger partial charge in [0.1, 0.15) is 17.3 Å². The molecule has 83 heavy (non-hydrogen) atoms. The van der Waals surface area contributed by atoms with E-state index in [9.17, 15) is 54.1 Å². The van der Waals surface area contributed by atoms with Crippen LogP contribution >= 0.6 is 0 Å². The Labute approximate surface area is 505 Å². The number of carbonyl (C=O) groups is 6. The normalized spacial score (nSPS) is 16.9. The molecule has 0 saturated carbocycles. The third-order valence-corrected chi connectivity index (χ3v) is 14.2. The molecule has 1 aromatic rings. The highest BCUT2D eigenvalue weighted by Gasteiger charge is 2.49. The molecule has 0 aromatic heterocycles. The van der Waals surface area contributed by atoms with Crippen molar-refractivity contribution < 1.29 is 63.4 Å². The first kappa shape index (κ1) is 81.8. The van der Waals surface area contributed by atoms with E-state index in [1.165, 1.54) is 0 Å². The highest BCUT2D eigenvalue weighted by Crippen LogP contribution is 2.33. The Morgan fingerprint density at radius 1 is 0.578 bits per heavy atom. The van der Waals surface area contributed by atoms with Crippen LogP contribution < -0.4 is 21.3 Å². The maximum absolute atomic E-state index is 12.8. The van der Waals surface area contributed by atoms with E-state index >= 15 is 0 Å². The quantitative estimate of drug-likeness (QED) is 0.0222. The van der Waals surface area contributed by atoms with E-state index in [1.807, 2.05) is 73.6 Å². The molecule has 1 aliphatic rings. The molecule has 0 aliphatic carbocycles. The van der Waals surface area contributed by atoms with Gasteiger partial charge in [0.2, 0.25) is 0 Å². The summed E-state index contributed by atoms with van der Waals surface area (Å²) in [6, 6.07) is 10.3. The molecule has 1 aromatic carbocycles. The van der Waals surface area contributed by atoms with Crippen LogP contribution in [0.5, 0.6) is 0 Å². The predicted molar refractivity (Wildman–Crippen MR) is 343 cm³/mol. The second-order valence-corrected chi connectivity index (χ2v) is 26.5. The minimum atomic E-state index is -1.31. The summed E-state index contributed by atoms with van der Waals surface area (Å²) in [5, 5.41) is 61.0. The summed E-state index contributed by atoms with van der Waals surface area (Å²) in [5.74, 6) is -1.39. The van der Waals surface area contributed by atoms with Gasteiger partial charge in [-0.1, -0.05) is 188 Å². The Hall–Kier alpha value is -3.26. The molecule has 1 fully saturated rings. The number of rotatable bonds is 37. The van der Waals surface area contributed by atoms with Crippen LogP contribution in [-0.2, 0) is 44.5 Å². The molecule has 1 aliphatic heterocycles. The number of benzene rings is 1. The lowest BCUT2D eigenvalue weighted by Crippen LogP contribution is -2.51. The molecular weight excluding hydrogens is 1050 g/mol. The Morgan fingerprint density at radius 3 is 1.35 bits per heavy atom. The van der Waals surface area contributed by atoms with Crippen LogP contribution in [-0.4, -0.2) is 150 Å². The highest BCUT2D eigenvalue weighted by atomic mass is 16.6. The number of ketones is 4. The van der Waals surface area contributed by atoms with Gasteiger partial charge in [0, 0.05) is 55.7 Å². The molecule has 476 valence electrons. The number of hydrogen-bond donors (Lipinski definition) is 9. The number of carbonyl (C=O) groups excluding carboxylic acids is 5. The van der Waals surface area contributed by atoms with Crippen LogP contribution in [0, 0.1) is 29.6 Å². The topological polar surface area (TPSA) is 270 Å². The number of Topliss-reactive ketones (excluding diaryl/α,β-unsaturated/α-hetero) is 4. The lowest BCUT2D eigenvalue weighted by atomic mass is 9.54. The average Bonchev–Trinajstić information content (AvgIpc) is 3.55. The number of nitrogens with one attached hydrogen (secondary N) is 4. The van der Waals surface area contributed by atoms with Crippen LogP contribution in [0.1, 0.15) is 188 Å². The maximum atomic E-state index is 12.8. The van der Waals surface area contributed by atoms with Gasteiger partial charge >= 0.3 is 19.1 Å². The molecule has 17 nitrogen and oxygen atoms in total. The van der Waals surface area contributed by atoms with Crippen molar-refractivity contribution >= 4 is 62.9 Å². The smallest absolute Gasteiger partial charge is 0.509 e. The van der Waals surface area contributed by atoms with E-state index in [-0.39, 0.29) is 89.5 Å². The first-order valence-corrected chi connectivity index (χ1v) is 31.3. The Bertz CT molecular complexity index is 1940. The number of aliphatic carboxylic acids is 1. The summed E-state index contributed by atoms with van der Waals surface area (Å²) >= 11 is 0. The fourth-order valence-electron chi connectivity index (χ4n) is 10.0. The number of aliphatic hydroxyl groups excluding tert-OH is 1. The van der Waals surface area contributed by atoms with Gasteiger partial charge in [-0.25, -0.2) is 0 Å². The van der Waals surface area contributed by atoms with Crippen molar-refractivity contribution in [2.45, 2.75) is 281 Å². The van der Waals surface area contributed by atoms with Crippen molar-refractivity contribution in [3.63, 3.8) is 0 Å². The third-order valence-electron chi connectivity index (χ3n) is 14.2. The molecule has 9 N–H and O–H groups in total. The first-order chi connectivity index (χ1) is 38.4. The van der Waals surface area contributed by atoms with Crippen molar-refractivity contribution in [2.24, 2.45) is 29.6 Å². The Balaban J connectivity index is 0. The summed E-state index contributed by atoms with van der Waals surface area (Å²) < 4.78 is 11.0. The van der Waals surface area contributed by atoms with Crippen LogP contribution in [0.4, 0.5) is 0 Å². The Kier molecular flexibility index (Phi) is 43.6. The molecule has 1 saturated heterocycles. The zero-order valence-corrected chi connectivity index (χ0v) is 55.5. The summed E-state index contributed by atoms with van der Waals surface area (Å²) in [6.07, 6.45) is 4.35. The monoisotopic (exact) mass is 1170 g/mol. The highest BCUT2D eigenvalue weighted by molar-refractivity contribution is 6.52. The predicted octanol–water partition coefficient (Wildman–Crippen LogP) is 9.18. The lowest BCUT2D eigenvalue weighted by Gasteiger charge is -2.34. The van der Waals surface area contributed by atoms with E-state index < -0.39 is 64.0 Å². The number of carboxylic acid groups (broad SMARTS) is 1. The average molecular weight is 1170 g/mol. The molecule has 0 amide bonds. The molecule has 0 bridgehead atoms. The van der Waals surface area contributed by atoms with Crippen molar-refractivity contribution in [1.29, 1.82) is 0 Å². The van der Waals surface area contributed by atoms with Crippen LogP contribution in [0.2, 0.25) is 43.7 Å². The maximum Gasteiger partial charge on any atom is 0.531 e. The Morgan fingerprint density at radius 2 is 0.988 bits per heavy atom. The minimum Gasteiger partial charge on any atom is -0.509 e. The van der Waals surface area contributed by atoms with Crippen LogP contribution in [0.15, 0.2) is 30.3 Å². The fourth-order valence-corrected chi connectivity index (χ4v) is 10.0. The van der Waals surface area contributed by atoms with E-state index in [0.717, 1.165) is 24.8 Å². The number of aliphatic hydroxyl groups is 1. The molecule has 2 unspecified atom stereocenters. The summed E-state index contributed by atoms with van der Waals surface area (Å²) in [6.45, 7) is 40.7. The van der Waals surface area contributed by atoms with Gasteiger partial charge in [-0.15, -0.1) is 0 Å². The van der Waals surface area contributed by atoms with Gasteiger partial charge in [0.25, 0.3) is 20.7 Å². The fraction of sp³-hybridized carbons (Fsp3) is 0.806. The van der Waals surface area contributed by atoms with E-state index in [4.69, 9.17) is 9.31 Å². The molecule has 1 heterocycles.